The maximum absolute atomic E-state index is 2.84. The van der Waals surface area contributed by atoms with E-state index in [1.807, 2.05) is 0 Å². The molecule has 1 saturated carbocycles. The second-order valence-electron chi connectivity index (χ2n) is 18.2. The van der Waals surface area contributed by atoms with Gasteiger partial charge in [0.25, 0.3) is 6.71 Å². The molecule has 50 heavy (non-hydrogen) atoms. The van der Waals surface area contributed by atoms with Crippen LogP contribution in [0, 0.1) is 6.92 Å². The molecule has 2 nitrogen and oxygen atoms in total. The van der Waals surface area contributed by atoms with Gasteiger partial charge in [-0.15, -0.1) is 0 Å². The standard InChI is InChI=1S/C47H51BN2/c1-30-27-40-42-41(28-30)50-43-35(46(8)25-12-13-26-47(46,50)9)16-14-17-37(43)48(42)36-24-23-33(45(5,6)7)29-39(36)49(40)38-18-11-10-15-34(38)31-19-21-32(22-20-31)44(2,3)4/h10-11,14-24,27-29H,12-13,25-26H2,1-9H3. The summed E-state index contributed by atoms with van der Waals surface area (Å²) in [6.45, 7) is 21.5. The monoisotopic (exact) mass is 654 g/mol. The van der Waals surface area contributed by atoms with E-state index in [2.05, 4.69) is 169 Å². The van der Waals surface area contributed by atoms with Crippen molar-refractivity contribution in [3.8, 4) is 11.1 Å². The van der Waals surface area contributed by atoms with Crippen LogP contribution >= 0.6 is 0 Å². The molecule has 0 bridgehead atoms. The first-order chi connectivity index (χ1) is 23.7. The lowest BCUT2D eigenvalue weighted by atomic mass is 9.33. The summed E-state index contributed by atoms with van der Waals surface area (Å²) in [6.07, 6.45) is 5.05. The van der Waals surface area contributed by atoms with E-state index in [0.717, 1.165) is 0 Å². The molecular weight excluding hydrogens is 603 g/mol. The SMILES string of the molecule is Cc1cc2c3c(c1)N1c4c(cccc4C4(C)CCCCC14C)B3c1ccc(C(C)(C)C)cc1N2c1ccccc1-c1ccc(C(C)(C)C)cc1. The summed E-state index contributed by atoms with van der Waals surface area (Å²) in [4.78, 5) is 5.47. The smallest absolute Gasteiger partial charge is 0.252 e. The Morgan fingerprint density at radius 1 is 0.620 bits per heavy atom. The van der Waals surface area contributed by atoms with Crippen LogP contribution in [0.4, 0.5) is 28.4 Å². The molecule has 0 N–H and O–H groups in total. The van der Waals surface area contributed by atoms with E-state index < -0.39 is 0 Å². The number of benzene rings is 5. The average molecular weight is 655 g/mol. The first kappa shape index (κ1) is 31.7. The lowest BCUT2D eigenvalue weighted by Gasteiger charge is -2.53. The minimum atomic E-state index is 0.0251. The maximum atomic E-state index is 2.84. The molecule has 0 spiro atoms. The van der Waals surface area contributed by atoms with Crippen LogP contribution in [0.15, 0.2) is 97.1 Å². The molecule has 1 fully saturated rings. The molecule has 0 saturated heterocycles. The van der Waals surface area contributed by atoms with Gasteiger partial charge in [-0.05, 0) is 106 Å². The molecule has 0 amide bonds. The zero-order valence-electron chi connectivity index (χ0n) is 31.5. The van der Waals surface area contributed by atoms with Crippen molar-refractivity contribution < 1.29 is 0 Å². The number of fused-ring (bicyclic) bond motifs is 7. The molecule has 3 aliphatic heterocycles. The van der Waals surface area contributed by atoms with Gasteiger partial charge in [0, 0.05) is 33.7 Å². The Hall–Kier alpha value is -4.24. The van der Waals surface area contributed by atoms with Crippen molar-refractivity contribution in [1.29, 1.82) is 0 Å². The van der Waals surface area contributed by atoms with E-state index in [1.165, 1.54) is 98.3 Å². The van der Waals surface area contributed by atoms with Gasteiger partial charge < -0.3 is 9.80 Å². The van der Waals surface area contributed by atoms with Crippen molar-refractivity contribution in [3.05, 3.63) is 119 Å². The van der Waals surface area contributed by atoms with Gasteiger partial charge in [-0.3, -0.25) is 0 Å². The third kappa shape index (κ3) is 4.22. The molecule has 2 unspecified atom stereocenters. The molecule has 3 heteroatoms. The van der Waals surface area contributed by atoms with Gasteiger partial charge in [-0.25, -0.2) is 0 Å². The molecule has 5 aromatic rings. The predicted molar refractivity (Wildman–Crippen MR) is 216 cm³/mol. The first-order valence-corrected chi connectivity index (χ1v) is 19.0. The molecule has 9 rings (SSSR count). The van der Waals surface area contributed by atoms with Gasteiger partial charge in [-0.1, -0.05) is 134 Å². The van der Waals surface area contributed by atoms with Crippen LogP contribution < -0.4 is 26.2 Å². The van der Waals surface area contributed by atoms with Crippen molar-refractivity contribution >= 4 is 51.5 Å². The molecular formula is C47H51BN2. The van der Waals surface area contributed by atoms with E-state index in [9.17, 15) is 0 Å². The van der Waals surface area contributed by atoms with Crippen molar-refractivity contribution in [1.82, 2.24) is 0 Å². The zero-order valence-corrected chi connectivity index (χ0v) is 31.5. The summed E-state index contributed by atoms with van der Waals surface area (Å²) in [6, 6.07) is 38.1. The molecule has 4 aliphatic rings. The highest BCUT2D eigenvalue weighted by Gasteiger charge is 2.61. The lowest BCUT2D eigenvalue weighted by molar-refractivity contribution is 0.195. The van der Waals surface area contributed by atoms with E-state index in [0.29, 0.717) is 0 Å². The molecule has 0 radical (unpaired) electrons. The van der Waals surface area contributed by atoms with Gasteiger partial charge in [-0.2, -0.15) is 0 Å². The van der Waals surface area contributed by atoms with Gasteiger partial charge >= 0.3 is 0 Å². The van der Waals surface area contributed by atoms with E-state index in [4.69, 9.17) is 0 Å². The summed E-state index contributed by atoms with van der Waals surface area (Å²) >= 11 is 0. The molecule has 3 heterocycles. The number of anilines is 5. The Morgan fingerprint density at radius 2 is 1.30 bits per heavy atom. The summed E-state index contributed by atoms with van der Waals surface area (Å²) in [5.74, 6) is 0. The number of hydrogen-bond donors (Lipinski definition) is 0. The number of hydrogen-bond acceptors (Lipinski definition) is 2. The van der Waals surface area contributed by atoms with Crippen LogP contribution in [-0.2, 0) is 16.2 Å². The molecule has 252 valence electrons. The van der Waals surface area contributed by atoms with Crippen molar-refractivity contribution in [2.75, 3.05) is 9.80 Å². The first-order valence-electron chi connectivity index (χ1n) is 19.0. The molecule has 1 aliphatic carbocycles. The fourth-order valence-corrected chi connectivity index (χ4v) is 10.2. The van der Waals surface area contributed by atoms with E-state index in [1.54, 1.807) is 5.56 Å². The molecule has 5 aromatic carbocycles. The highest BCUT2D eigenvalue weighted by molar-refractivity contribution is 7.00. The largest absolute Gasteiger partial charge is 0.335 e. The minimum absolute atomic E-state index is 0.0251. The number of nitrogens with zero attached hydrogens (tertiary/aromatic N) is 2. The third-order valence-corrected chi connectivity index (χ3v) is 13.2. The van der Waals surface area contributed by atoms with Crippen LogP contribution in [0.2, 0.25) is 0 Å². The van der Waals surface area contributed by atoms with Gasteiger partial charge in [0.2, 0.25) is 0 Å². The van der Waals surface area contributed by atoms with Crippen LogP contribution in [0.25, 0.3) is 11.1 Å². The van der Waals surface area contributed by atoms with E-state index in [-0.39, 0.29) is 28.5 Å². The topological polar surface area (TPSA) is 6.48 Å². The number of para-hydroxylation sites is 2. The van der Waals surface area contributed by atoms with Crippen molar-refractivity contribution in [2.45, 2.75) is 110 Å². The number of aryl methyl sites for hydroxylation is 1. The Balaban J connectivity index is 1.35. The second kappa shape index (κ2) is 10.4. The van der Waals surface area contributed by atoms with Crippen molar-refractivity contribution in [2.24, 2.45) is 0 Å². The zero-order chi connectivity index (χ0) is 35.0. The normalized spacial score (nSPS) is 21.8. The molecule has 2 atom stereocenters. The van der Waals surface area contributed by atoms with Crippen LogP contribution in [0.1, 0.15) is 103 Å². The summed E-state index contributed by atoms with van der Waals surface area (Å²) in [7, 11) is 0. The average Bonchev–Trinajstić information content (AvgIpc) is 3.29. The maximum Gasteiger partial charge on any atom is 0.252 e. The summed E-state index contributed by atoms with van der Waals surface area (Å²) in [5, 5.41) is 0. The van der Waals surface area contributed by atoms with Crippen LogP contribution in [0.5, 0.6) is 0 Å². The second-order valence-corrected chi connectivity index (χ2v) is 18.2. The van der Waals surface area contributed by atoms with Gasteiger partial charge in [0.05, 0.1) is 11.2 Å². The Labute approximate surface area is 300 Å². The fourth-order valence-electron chi connectivity index (χ4n) is 10.2. The van der Waals surface area contributed by atoms with Crippen LogP contribution in [-0.4, -0.2) is 12.3 Å². The van der Waals surface area contributed by atoms with Gasteiger partial charge in [0.15, 0.2) is 0 Å². The van der Waals surface area contributed by atoms with Crippen molar-refractivity contribution in [3.63, 3.8) is 0 Å². The summed E-state index contributed by atoms with van der Waals surface area (Å²) < 4.78 is 0. The quantitative estimate of drug-likeness (QED) is 0.172. The highest BCUT2D eigenvalue weighted by atomic mass is 15.3. The third-order valence-electron chi connectivity index (χ3n) is 13.2. The fraction of sp³-hybridized carbons (Fsp3) is 0.362. The van der Waals surface area contributed by atoms with Crippen LogP contribution in [0.3, 0.4) is 0 Å². The number of rotatable bonds is 2. The summed E-state index contributed by atoms with van der Waals surface area (Å²) in [5.41, 5.74) is 19.5. The Morgan fingerprint density at radius 3 is 2.04 bits per heavy atom. The van der Waals surface area contributed by atoms with Gasteiger partial charge in [0.1, 0.15) is 0 Å². The Kier molecular flexibility index (Phi) is 6.60. The molecule has 0 aromatic heterocycles. The lowest BCUT2D eigenvalue weighted by Crippen LogP contribution is -2.64. The minimum Gasteiger partial charge on any atom is -0.335 e. The van der Waals surface area contributed by atoms with E-state index >= 15 is 0 Å². The highest BCUT2D eigenvalue weighted by Crippen LogP contribution is 2.61. The Bertz CT molecular complexity index is 2200. The predicted octanol–water partition coefficient (Wildman–Crippen LogP) is 10.6.